The number of aromatic nitrogens is 2. The Hall–Kier alpha value is -2.52. The van der Waals surface area contributed by atoms with Gasteiger partial charge in [-0.2, -0.15) is 0 Å². The lowest BCUT2D eigenvalue weighted by atomic mass is 9.97. The van der Waals surface area contributed by atoms with Crippen LogP contribution in [0, 0.1) is 6.92 Å². The van der Waals surface area contributed by atoms with Gasteiger partial charge in [-0.1, -0.05) is 12.1 Å². The summed E-state index contributed by atoms with van der Waals surface area (Å²) in [5, 5.41) is 0. The zero-order chi connectivity index (χ0) is 22.2. The number of sulfonamides is 1. The number of hydrogen-bond donors (Lipinski definition) is 0. The number of nitrogens with zero attached hydrogens (tertiary/aromatic N) is 4. The molecule has 0 N–H and O–H groups in total. The van der Waals surface area contributed by atoms with Gasteiger partial charge in [0.1, 0.15) is 17.4 Å². The summed E-state index contributed by atoms with van der Waals surface area (Å²) in [5.41, 5.74) is 2.84. The molecule has 1 aromatic carbocycles. The number of fused-ring (bicyclic) bond motifs is 1. The molecule has 166 valence electrons. The van der Waals surface area contributed by atoms with Crippen molar-refractivity contribution in [3.8, 4) is 5.75 Å². The number of benzene rings is 1. The van der Waals surface area contributed by atoms with Crippen LogP contribution in [0.15, 0.2) is 24.3 Å². The fourth-order valence-corrected chi connectivity index (χ4v) is 5.23. The van der Waals surface area contributed by atoms with Crippen LogP contribution in [-0.2, 0) is 27.8 Å². The average molecular weight is 445 g/mol. The predicted molar refractivity (Wildman–Crippen MR) is 118 cm³/mol. The van der Waals surface area contributed by atoms with Crippen LogP contribution in [-0.4, -0.2) is 55.1 Å². The normalized spacial score (nSPS) is 19.9. The number of carbonyl (C=O) groups is 1. The second-order valence-corrected chi connectivity index (χ2v) is 10.2. The number of anilines is 1. The summed E-state index contributed by atoms with van der Waals surface area (Å²) in [5.74, 6) is 2.01. The Labute approximate surface area is 183 Å². The van der Waals surface area contributed by atoms with Gasteiger partial charge in [0.15, 0.2) is 0 Å². The first-order valence-electron chi connectivity index (χ1n) is 10.5. The zero-order valence-corrected chi connectivity index (χ0v) is 19.0. The average Bonchev–Trinajstić information content (AvgIpc) is 2.75. The summed E-state index contributed by atoms with van der Waals surface area (Å²) in [6.45, 7) is 3.28. The Balaban J connectivity index is 1.66. The van der Waals surface area contributed by atoms with E-state index in [1.165, 1.54) is 10.6 Å². The smallest absolute Gasteiger partial charge is 0.228 e. The maximum atomic E-state index is 12.8. The largest absolute Gasteiger partial charge is 0.497 e. The van der Waals surface area contributed by atoms with Gasteiger partial charge in [0.2, 0.25) is 15.9 Å². The minimum atomic E-state index is -3.26. The first-order valence-corrected chi connectivity index (χ1v) is 12.4. The minimum Gasteiger partial charge on any atom is -0.497 e. The van der Waals surface area contributed by atoms with E-state index in [-0.39, 0.29) is 11.8 Å². The molecule has 4 rings (SSSR count). The first kappa shape index (κ1) is 21.7. The first-order chi connectivity index (χ1) is 14.8. The number of piperidine rings is 1. The highest BCUT2D eigenvalue weighted by Crippen LogP contribution is 2.33. The van der Waals surface area contributed by atoms with Crippen molar-refractivity contribution in [1.82, 2.24) is 14.3 Å². The molecule has 2 aromatic rings. The fourth-order valence-electron chi connectivity index (χ4n) is 4.32. The van der Waals surface area contributed by atoms with Crippen LogP contribution >= 0.6 is 0 Å². The highest BCUT2D eigenvalue weighted by Gasteiger charge is 2.32. The van der Waals surface area contributed by atoms with Crippen LogP contribution in [0.25, 0.3) is 0 Å². The van der Waals surface area contributed by atoms with Crippen LogP contribution in [0.5, 0.6) is 5.75 Å². The predicted octanol–water partition coefficient (Wildman–Crippen LogP) is 2.41. The molecule has 0 aliphatic carbocycles. The van der Waals surface area contributed by atoms with E-state index in [0.717, 1.165) is 35.4 Å². The van der Waals surface area contributed by atoms with Crippen molar-refractivity contribution in [2.75, 3.05) is 31.4 Å². The Morgan fingerprint density at radius 2 is 1.90 bits per heavy atom. The van der Waals surface area contributed by atoms with Gasteiger partial charge in [-0.3, -0.25) is 9.69 Å². The lowest BCUT2D eigenvalue weighted by Gasteiger charge is -2.33. The number of aryl methyl sites for hydroxylation is 1. The van der Waals surface area contributed by atoms with Gasteiger partial charge in [-0.25, -0.2) is 22.7 Å². The monoisotopic (exact) mass is 444 g/mol. The van der Waals surface area contributed by atoms with Crippen molar-refractivity contribution < 1.29 is 17.9 Å². The molecule has 1 atom stereocenters. The Morgan fingerprint density at radius 1 is 1.16 bits per heavy atom. The zero-order valence-electron chi connectivity index (χ0n) is 18.2. The number of carbonyl (C=O) groups excluding carboxylic acids is 1. The van der Waals surface area contributed by atoms with Crippen LogP contribution in [0.2, 0.25) is 0 Å². The molecule has 8 nitrogen and oxygen atoms in total. The quantitative estimate of drug-likeness (QED) is 0.703. The molecule has 1 fully saturated rings. The Morgan fingerprint density at radius 3 is 2.58 bits per heavy atom. The van der Waals surface area contributed by atoms with Gasteiger partial charge in [-0.15, -0.1) is 0 Å². The summed E-state index contributed by atoms with van der Waals surface area (Å²) in [4.78, 5) is 24.1. The van der Waals surface area contributed by atoms with Crippen molar-refractivity contribution in [2.45, 2.75) is 45.1 Å². The lowest BCUT2D eigenvalue weighted by molar-refractivity contribution is -0.119. The summed E-state index contributed by atoms with van der Waals surface area (Å²) < 4.78 is 30.8. The van der Waals surface area contributed by atoms with E-state index in [0.29, 0.717) is 44.1 Å². The second kappa shape index (κ2) is 8.55. The maximum Gasteiger partial charge on any atom is 0.228 e. The Kier molecular flexibility index (Phi) is 5.98. The van der Waals surface area contributed by atoms with Crippen molar-refractivity contribution >= 4 is 21.7 Å². The van der Waals surface area contributed by atoms with Crippen LogP contribution < -0.4 is 9.64 Å². The molecule has 0 radical (unpaired) electrons. The summed E-state index contributed by atoms with van der Waals surface area (Å²) in [7, 11) is -1.64. The molecule has 9 heteroatoms. The fraction of sp³-hybridized carbons (Fsp3) is 0.500. The highest BCUT2D eigenvalue weighted by molar-refractivity contribution is 7.88. The number of methoxy groups -OCH3 is 1. The van der Waals surface area contributed by atoms with Gasteiger partial charge < -0.3 is 4.74 Å². The number of rotatable bonds is 5. The molecule has 1 aromatic heterocycles. The summed E-state index contributed by atoms with van der Waals surface area (Å²) in [6.07, 6.45) is 3.89. The van der Waals surface area contributed by atoms with Gasteiger partial charge in [-0.05, 0) is 43.9 Å². The third-order valence-electron chi connectivity index (χ3n) is 6.07. The molecule has 31 heavy (non-hydrogen) atoms. The summed E-state index contributed by atoms with van der Waals surface area (Å²) in [6, 6.07) is 7.65. The van der Waals surface area contributed by atoms with E-state index in [4.69, 9.17) is 14.7 Å². The molecule has 2 aliphatic heterocycles. The minimum absolute atomic E-state index is 0.0359. The van der Waals surface area contributed by atoms with E-state index in [1.54, 1.807) is 12.0 Å². The van der Waals surface area contributed by atoms with Crippen LogP contribution in [0.4, 0.5) is 5.82 Å². The Bertz CT molecular complexity index is 1090. The van der Waals surface area contributed by atoms with E-state index in [2.05, 4.69) is 0 Å². The molecular formula is C22H28N4O4S. The highest BCUT2D eigenvalue weighted by atomic mass is 32.2. The summed E-state index contributed by atoms with van der Waals surface area (Å²) >= 11 is 0. The molecule has 1 saturated heterocycles. The SMILES string of the molecule is COc1ccc(CN2C(=O)CCc3c(C)nc(C4CCCN(S(C)(=O)=O)C4)nc32)cc1. The molecule has 0 saturated carbocycles. The topological polar surface area (TPSA) is 92.7 Å². The van der Waals surface area contributed by atoms with E-state index in [9.17, 15) is 13.2 Å². The van der Waals surface area contributed by atoms with Crippen molar-refractivity contribution in [3.63, 3.8) is 0 Å². The molecular weight excluding hydrogens is 416 g/mol. The molecule has 3 heterocycles. The standard InChI is InChI=1S/C22H28N4O4S/c1-15-19-10-11-20(27)26(13-16-6-8-18(30-2)9-7-16)22(19)24-21(23-15)17-5-4-12-25(14-17)31(3,28)29/h6-9,17H,4-5,10-14H2,1-3H3. The van der Waals surface area contributed by atoms with Gasteiger partial charge in [0.25, 0.3) is 0 Å². The molecule has 0 bridgehead atoms. The van der Waals surface area contributed by atoms with Gasteiger partial charge >= 0.3 is 0 Å². The van der Waals surface area contributed by atoms with Crippen molar-refractivity contribution in [2.24, 2.45) is 0 Å². The van der Waals surface area contributed by atoms with E-state index < -0.39 is 10.0 Å². The number of hydrogen-bond acceptors (Lipinski definition) is 6. The van der Waals surface area contributed by atoms with Gasteiger partial charge in [0.05, 0.1) is 19.9 Å². The number of ether oxygens (including phenoxy) is 1. The molecule has 0 spiro atoms. The third-order valence-corrected chi connectivity index (χ3v) is 7.34. The van der Waals surface area contributed by atoms with Crippen LogP contribution in [0.1, 0.15) is 47.8 Å². The maximum absolute atomic E-state index is 12.8. The number of amides is 1. The van der Waals surface area contributed by atoms with E-state index >= 15 is 0 Å². The molecule has 1 unspecified atom stereocenters. The molecule has 1 amide bonds. The lowest BCUT2D eigenvalue weighted by Crippen LogP contribution is -2.40. The van der Waals surface area contributed by atoms with E-state index in [1.807, 2.05) is 31.2 Å². The van der Waals surface area contributed by atoms with Crippen molar-refractivity contribution in [3.05, 3.63) is 46.9 Å². The van der Waals surface area contributed by atoms with Crippen molar-refractivity contribution in [1.29, 1.82) is 0 Å². The van der Waals surface area contributed by atoms with Gasteiger partial charge in [0, 0.05) is 36.7 Å². The third kappa shape index (κ3) is 4.57. The molecule has 2 aliphatic rings. The second-order valence-electron chi connectivity index (χ2n) is 8.26. The van der Waals surface area contributed by atoms with Crippen LogP contribution in [0.3, 0.4) is 0 Å².